The number of furan rings is 1. The molecule has 5 heteroatoms. The Bertz CT molecular complexity index is 561. The predicted octanol–water partition coefficient (Wildman–Crippen LogP) is 2.57. The number of nitrogens with one attached hydrogen (secondary N) is 1. The number of likely N-dealkylation sites (tertiary alicyclic amines) is 1. The molecule has 2 atom stereocenters. The molecule has 1 aliphatic heterocycles. The van der Waals surface area contributed by atoms with Crippen molar-refractivity contribution in [2.24, 2.45) is 5.92 Å². The second-order valence-electron chi connectivity index (χ2n) is 7.67. The molecule has 3 rings (SSSR count). The number of aryl methyl sites for hydroxylation is 1. The van der Waals surface area contributed by atoms with Gasteiger partial charge in [-0.3, -0.25) is 9.69 Å². The third kappa shape index (κ3) is 4.01. The fourth-order valence-electron chi connectivity index (χ4n) is 3.99. The fraction of sp³-hybridized carbons (Fsp3) is 0.737. The van der Waals surface area contributed by atoms with Crippen LogP contribution in [0.15, 0.2) is 16.5 Å². The molecule has 5 nitrogen and oxygen atoms in total. The average Bonchev–Trinajstić information content (AvgIpc) is 3.23. The van der Waals surface area contributed by atoms with Gasteiger partial charge in [0, 0.05) is 12.6 Å². The first-order valence-electron chi connectivity index (χ1n) is 9.27. The molecule has 0 aromatic carbocycles. The highest BCUT2D eigenvalue weighted by Gasteiger charge is 2.34. The molecule has 1 saturated heterocycles. The molecule has 2 unspecified atom stereocenters. The van der Waals surface area contributed by atoms with E-state index in [1.165, 1.54) is 32.1 Å². The summed E-state index contributed by atoms with van der Waals surface area (Å²) in [4.78, 5) is 15.0. The molecule has 1 aromatic heterocycles. The monoisotopic (exact) mass is 334 g/mol. The number of hydrogen-bond donors (Lipinski definition) is 2. The van der Waals surface area contributed by atoms with Gasteiger partial charge in [0.25, 0.3) is 0 Å². The molecule has 24 heavy (non-hydrogen) atoms. The highest BCUT2D eigenvalue weighted by molar-refractivity contribution is 5.79. The molecule has 134 valence electrons. The van der Waals surface area contributed by atoms with Crippen molar-refractivity contribution in [1.29, 1.82) is 0 Å². The van der Waals surface area contributed by atoms with E-state index >= 15 is 0 Å². The maximum absolute atomic E-state index is 12.5. The van der Waals surface area contributed by atoms with Crippen LogP contribution in [0.4, 0.5) is 0 Å². The first-order chi connectivity index (χ1) is 11.5. The van der Waals surface area contributed by atoms with Gasteiger partial charge in [0.05, 0.1) is 12.5 Å². The second kappa shape index (κ2) is 7.28. The molecule has 1 aromatic rings. The second-order valence-corrected chi connectivity index (χ2v) is 7.67. The third-order valence-corrected chi connectivity index (χ3v) is 5.56. The van der Waals surface area contributed by atoms with Crippen molar-refractivity contribution in [2.45, 2.75) is 64.0 Å². The van der Waals surface area contributed by atoms with E-state index in [9.17, 15) is 9.90 Å². The van der Waals surface area contributed by atoms with Crippen LogP contribution >= 0.6 is 0 Å². The first kappa shape index (κ1) is 17.5. The van der Waals surface area contributed by atoms with Crippen LogP contribution in [-0.4, -0.2) is 41.6 Å². The van der Waals surface area contributed by atoms with Gasteiger partial charge in [0.1, 0.15) is 17.1 Å². The molecule has 2 heterocycles. The minimum absolute atomic E-state index is 0.0427. The number of hydrogen-bond acceptors (Lipinski definition) is 4. The molecule has 0 spiro atoms. The summed E-state index contributed by atoms with van der Waals surface area (Å²) < 4.78 is 5.49. The van der Waals surface area contributed by atoms with Crippen LogP contribution in [0.5, 0.6) is 0 Å². The number of carbonyl (C=O) groups is 1. The smallest absolute Gasteiger partial charge is 0.224 e. The van der Waals surface area contributed by atoms with Gasteiger partial charge >= 0.3 is 0 Å². The lowest BCUT2D eigenvalue weighted by Gasteiger charge is -2.31. The molecule has 1 aliphatic carbocycles. The maximum Gasteiger partial charge on any atom is 0.224 e. The summed E-state index contributed by atoms with van der Waals surface area (Å²) in [5.74, 6) is 1.35. The molecule has 1 saturated carbocycles. The summed E-state index contributed by atoms with van der Waals surface area (Å²) in [6.07, 6.45) is 7.48. The van der Waals surface area contributed by atoms with E-state index < -0.39 is 5.60 Å². The van der Waals surface area contributed by atoms with E-state index in [1.54, 1.807) is 13.0 Å². The minimum Gasteiger partial charge on any atom is -0.463 e. The minimum atomic E-state index is -1.18. The van der Waals surface area contributed by atoms with Gasteiger partial charge in [0.15, 0.2) is 0 Å². The summed E-state index contributed by atoms with van der Waals surface area (Å²) in [6, 6.07) is 4.26. The zero-order chi connectivity index (χ0) is 17.2. The van der Waals surface area contributed by atoms with Gasteiger partial charge < -0.3 is 14.8 Å². The van der Waals surface area contributed by atoms with Gasteiger partial charge in [-0.1, -0.05) is 19.3 Å². The van der Waals surface area contributed by atoms with E-state index in [4.69, 9.17) is 4.42 Å². The van der Waals surface area contributed by atoms with Crippen LogP contribution in [0.3, 0.4) is 0 Å². The van der Waals surface area contributed by atoms with E-state index in [0.717, 1.165) is 25.3 Å². The van der Waals surface area contributed by atoms with Crippen molar-refractivity contribution in [1.82, 2.24) is 10.2 Å². The number of carbonyl (C=O) groups excluding carboxylic acids is 1. The zero-order valence-corrected chi connectivity index (χ0v) is 14.9. The molecule has 2 aliphatic rings. The van der Waals surface area contributed by atoms with Gasteiger partial charge in [-0.05, 0) is 51.8 Å². The third-order valence-electron chi connectivity index (χ3n) is 5.56. The summed E-state index contributed by atoms with van der Waals surface area (Å²) >= 11 is 0. The Kier molecular flexibility index (Phi) is 5.30. The SMILES string of the molecule is Cc1ccc(C(C)(O)CNC(=O)C2CCN(C3CCCCC3)C2)o1. The van der Waals surface area contributed by atoms with E-state index in [-0.39, 0.29) is 18.4 Å². The average molecular weight is 334 g/mol. The lowest BCUT2D eigenvalue weighted by atomic mass is 9.94. The standard InChI is InChI=1S/C19H30N2O3/c1-14-8-9-17(24-14)19(2,23)13-20-18(22)15-10-11-21(12-15)16-6-4-3-5-7-16/h8-9,15-16,23H,3-7,10-13H2,1-2H3,(H,20,22). The predicted molar refractivity (Wildman–Crippen MR) is 92.6 cm³/mol. The molecule has 0 bridgehead atoms. The van der Waals surface area contributed by atoms with E-state index in [1.807, 2.05) is 13.0 Å². The Hall–Kier alpha value is -1.33. The highest BCUT2D eigenvalue weighted by Crippen LogP contribution is 2.28. The van der Waals surface area contributed by atoms with Crippen LogP contribution in [0.25, 0.3) is 0 Å². The molecular formula is C19H30N2O3. The van der Waals surface area contributed by atoms with Crippen molar-refractivity contribution >= 4 is 5.91 Å². The molecule has 2 fully saturated rings. The number of amides is 1. The van der Waals surface area contributed by atoms with E-state index in [2.05, 4.69) is 10.2 Å². The lowest BCUT2D eigenvalue weighted by molar-refractivity contribution is -0.126. The summed E-state index contributed by atoms with van der Waals surface area (Å²) in [6.45, 7) is 5.58. The van der Waals surface area contributed by atoms with Gasteiger partial charge in [0.2, 0.25) is 5.91 Å². The van der Waals surface area contributed by atoms with Crippen LogP contribution < -0.4 is 5.32 Å². The summed E-state index contributed by atoms with van der Waals surface area (Å²) in [7, 11) is 0. The number of nitrogens with zero attached hydrogens (tertiary/aromatic N) is 1. The largest absolute Gasteiger partial charge is 0.463 e. The maximum atomic E-state index is 12.5. The number of aliphatic hydroxyl groups is 1. The van der Waals surface area contributed by atoms with Gasteiger partial charge in [-0.2, -0.15) is 0 Å². The molecular weight excluding hydrogens is 304 g/mol. The molecule has 2 N–H and O–H groups in total. The Morgan fingerprint density at radius 2 is 2.08 bits per heavy atom. The van der Waals surface area contributed by atoms with Crippen LogP contribution in [0.2, 0.25) is 0 Å². The molecule has 1 amide bonds. The first-order valence-corrected chi connectivity index (χ1v) is 9.27. The number of rotatable bonds is 5. The Morgan fingerprint density at radius 3 is 2.75 bits per heavy atom. The zero-order valence-electron chi connectivity index (χ0n) is 14.9. The van der Waals surface area contributed by atoms with Crippen LogP contribution in [-0.2, 0) is 10.4 Å². The summed E-state index contributed by atoms with van der Waals surface area (Å²) in [5, 5.41) is 13.4. The van der Waals surface area contributed by atoms with Crippen LogP contribution in [0, 0.1) is 12.8 Å². The van der Waals surface area contributed by atoms with Crippen molar-refractivity contribution in [2.75, 3.05) is 19.6 Å². The normalized spacial score (nSPS) is 25.5. The van der Waals surface area contributed by atoms with Crippen molar-refractivity contribution in [3.63, 3.8) is 0 Å². The Balaban J connectivity index is 1.48. The van der Waals surface area contributed by atoms with Crippen molar-refractivity contribution < 1.29 is 14.3 Å². The van der Waals surface area contributed by atoms with Crippen molar-refractivity contribution in [3.05, 3.63) is 23.7 Å². The van der Waals surface area contributed by atoms with Gasteiger partial charge in [-0.25, -0.2) is 0 Å². The lowest BCUT2D eigenvalue weighted by Crippen LogP contribution is -2.42. The Labute approximate surface area is 144 Å². The van der Waals surface area contributed by atoms with Crippen LogP contribution in [0.1, 0.15) is 57.0 Å². The van der Waals surface area contributed by atoms with Crippen molar-refractivity contribution in [3.8, 4) is 0 Å². The highest BCUT2D eigenvalue weighted by atomic mass is 16.4. The van der Waals surface area contributed by atoms with E-state index in [0.29, 0.717) is 11.8 Å². The Morgan fingerprint density at radius 1 is 1.33 bits per heavy atom. The fourth-order valence-corrected chi connectivity index (χ4v) is 3.99. The quantitative estimate of drug-likeness (QED) is 0.868. The molecule has 0 radical (unpaired) electrons. The topological polar surface area (TPSA) is 65.7 Å². The summed E-state index contributed by atoms with van der Waals surface area (Å²) in [5.41, 5.74) is -1.18. The van der Waals surface area contributed by atoms with Gasteiger partial charge in [-0.15, -0.1) is 0 Å².